The van der Waals surface area contributed by atoms with Crippen molar-refractivity contribution in [3.8, 4) is 16.9 Å². The minimum Gasteiger partial charge on any atom is -0.493 e. The Kier molecular flexibility index (Phi) is 4.58. The first-order valence-electron chi connectivity index (χ1n) is 10.0. The zero-order valence-corrected chi connectivity index (χ0v) is 16.5. The number of halogens is 1. The summed E-state index contributed by atoms with van der Waals surface area (Å²) in [4.78, 5) is 27.8. The Balaban J connectivity index is 1.90. The highest BCUT2D eigenvalue weighted by atomic mass is 19.1. The van der Waals surface area contributed by atoms with E-state index in [1.165, 1.54) is 12.3 Å². The molecule has 0 radical (unpaired) electrons. The number of aromatic nitrogens is 2. The van der Waals surface area contributed by atoms with Gasteiger partial charge in [0.15, 0.2) is 0 Å². The molecule has 0 fully saturated rings. The van der Waals surface area contributed by atoms with E-state index in [9.17, 15) is 19.1 Å². The molecule has 0 unspecified atom stereocenters. The summed E-state index contributed by atoms with van der Waals surface area (Å²) in [6.07, 6.45) is 3.16. The quantitative estimate of drug-likeness (QED) is 0.520. The normalized spacial score (nSPS) is 13.1. The number of aryl methyl sites for hydroxylation is 1. The smallest absolute Gasteiger partial charge is 0.353 e. The van der Waals surface area contributed by atoms with Crippen LogP contribution in [0.2, 0.25) is 0 Å². The van der Waals surface area contributed by atoms with Crippen LogP contribution in [0, 0.1) is 5.82 Å². The molecule has 0 atom stereocenters. The molecule has 2 aromatic carbocycles. The zero-order chi connectivity index (χ0) is 21.5. The Morgan fingerprint density at radius 3 is 2.77 bits per heavy atom. The van der Waals surface area contributed by atoms with Gasteiger partial charge in [0, 0.05) is 17.3 Å². The summed E-state index contributed by atoms with van der Waals surface area (Å²) in [5.41, 5.74) is 1.96. The van der Waals surface area contributed by atoms with E-state index in [4.69, 9.17) is 4.74 Å². The Bertz CT molecular complexity index is 1390. The van der Waals surface area contributed by atoms with Crippen LogP contribution in [0.5, 0.6) is 5.75 Å². The molecule has 2 N–H and O–H groups in total. The number of fused-ring (bicyclic) bond motifs is 3. The van der Waals surface area contributed by atoms with Crippen LogP contribution >= 0.6 is 0 Å². The number of carboxylic acids is 1. The number of nitrogens with zero attached hydrogens (tertiary/aromatic N) is 1. The number of ether oxygens (including phenoxy) is 1. The first-order chi connectivity index (χ1) is 15.1. The van der Waals surface area contributed by atoms with Crippen molar-refractivity contribution < 1.29 is 19.0 Å². The van der Waals surface area contributed by atoms with Gasteiger partial charge in [-0.25, -0.2) is 9.18 Å². The molecular formula is C24H19FN2O4. The predicted octanol–water partition coefficient (Wildman–Crippen LogP) is 4.21. The number of carboxylic acid groups (broad SMARTS) is 1. The van der Waals surface area contributed by atoms with E-state index >= 15 is 0 Å². The van der Waals surface area contributed by atoms with Crippen LogP contribution in [0.25, 0.3) is 22.0 Å². The van der Waals surface area contributed by atoms with Gasteiger partial charge in [-0.2, -0.15) is 0 Å². The van der Waals surface area contributed by atoms with E-state index in [-0.39, 0.29) is 17.8 Å². The molecule has 3 heterocycles. The number of rotatable bonds is 4. The summed E-state index contributed by atoms with van der Waals surface area (Å²) in [6.45, 7) is 0.520. The number of nitrogens with one attached hydrogen (secondary N) is 1. The molecule has 0 spiro atoms. The first kappa shape index (κ1) is 19.1. The predicted molar refractivity (Wildman–Crippen MR) is 114 cm³/mol. The second-order valence-corrected chi connectivity index (χ2v) is 7.52. The number of pyridine rings is 1. The van der Waals surface area contributed by atoms with Crippen molar-refractivity contribution in [3.63, 3.8) is 0 Å². The zero-order valence-electron chi connectivity index (χ0n) is 16.5. The van der Waals surface area contributed by atoms with Crippen molar-refractivity contribution in [1.29, 1.82) is 0 Å². The maximum Gasteiger partial charge on any atom is 0.353 e. The van der Waals surface area contributed by atoms with Crippen molar-refractivity contribution in [3.05, 3.63) is 87.7 Å². The van der Waals surface area contributed by atoms with Gasteiger partial charge in [-0.05, 0) is 42.7 Å². The fourth-order valence-corrected chi connectivity index (χ4v) is 4.32. The Morgan fingerprint density at radius 1 is 1.16 bits per heavy atom. The molecule has 156 valence electrons. The standard InChI is InChI=1S/C24H19FN2O4/c25-17-8-2-1-5-15(17)13-27-18-10-9-14-6-4-12-31-22(14)20(18)19(21(27)24(29)30)16-7-3-11-26-23(16)28/h1-3,5,7-11H,4,6,12-13H2,(H,26,28)(H,29,30). The molecule has 2 aromatic heterocycles. The van der Waals surface area contributed by atoms with Crippen LogP contribution in [0.15, 0.2) is 59.5 Å². The van der Waals surface area contributed by atoms with E-state index in [1.807, 2.05) is 12.1 Å². The minimum absolute atomic E-state index is 0.00827. The number of hydrogen-bond donors (Lipinski definition) is 2. The SMILES string of the molecule is O=C(O)c1c(-c2ccc[nH]c2=O)c2c3c(ccc2n1Cc1ccccc1F)CCCO3. The highest BCUT2D eigenvalue weighted by molar-refractivity contribution is 6.10. The average molecular weight is 418 g/mol. The number of hydrogen-bond acceptors (Lipinski definition) is 3. The van der Waals surface area contributed by atoms with Gasteiger partial charge in [0.05, 0.1) is 29.6 Å². The van der Waals surface area contributed by atoms with E-state index in [0.29, 0.717) is 34.4 Å². The third-order valence-electron chi connectivity index (χ3n) is 5.68. The van der Waals surface area contributed by atoms with Crippen molar-refractivity contribution in [2.24, 2.45) is 0 Å². The van der Waals surface area contributed by atoms with Gasteiger partial charge in [0.1, 0.15) is 17.3 Å². The van der Waals surface area contributed by atoms with Gasteiger partial charge >= 0.3 is 5.97 Å². The number of aromatic carboxylic acids is 1. The Morgan fingerprint density at radius 2 is 2.00 bits per heavy atom. The monoisotopic (exact) mass is 418 g/mol. The molecule has 7 heteroatoms. The second kappa shape index (κ2) is 7.43. The largest absolute Gasteiger partial charge is 0.493 e. The molecule has 31 heavy (non-hydrogen) atoms. The summed E-state index contributed by atoms with van der Waals surface area (Å²) < 4.78 is 22.0. The molecule has 6 nitrogen and oxygen atoms in total. The lowest BCUT2D eigenvalue weighted by Gasteiger charge is -2.19. The summed E-state index contributed by atoms with van der Waals surface area (Å²) in [5, 5.41) is 10.8. The molecule has 0 amide bonds. The van der Waals surface area contributed by atoms with Crippen molar-refractivity contribution >= 4 is 16.9 Å². The molecule has 0 aliphatic carbocycles. The van der Waals surface area contributed by atoms with Gasteiger partial charge in [0.2, 0.25) is 0 Å². The van der Waals surface area contributed by atoms with E-state index in [0.717, 1.165) is 18.4 Å². The molecule has 5 rings (SSSR count). The third kappa shape index (κ3) is 3.09. The highest BCUT2D eigenvalue weighted by Crippen LogP contribution is 2.43. The van der Waals surface area contributed by atoms with Gasteiger partial charge in [-0.1, -0.05) is 24.3 Å². The van der Waals surface area contributed by atoms with Crippen molar-refractivity contribution in [1.82, 2.24) is 9.55 Å². The molecule has 0 saturated carbocycles. The van der Waals surface area contributed by atoms with Crippen molar-refractivity contribution in [2.45, 2.75) is 19.4 Å². The molecule has 0 saturated heterocycles. The maximum atomic E-state index is 14.4. The van der Waals surface area contributed by atoms with Gasteiger partial charge in [0.25, 0.3) is 5.56 Å². The van der Waals surface area contributed by atoms with Gasteiger partial charge < -0.3 is 19.4 Å². The fraction of sp³-hybridized carbons (Fsp3) is 0.167. The lowest BCUT2D eigenvalue weighted by atomic mass is 9.98. The number of H-pyrrole nitrogens is 1. The minimum atomic E-state index is -1.20. The molecule has 1 aliphatic heterocycles. The first-order valence-corrected chi connectivity index (χ1v) is 10.0. The molecule has 1 aliphatic rings. The van der Waals surface area contributed by atoms with E-state index in [1.54, 1.807) is 34.9 Å². The van der Waals surface area contributed by atoms with Crippen LogP contribution < -0.4 is 10.3 Å². The van der Waals surface area contributed by atoms with Crippen LogP contribution in [-0.4, -0.2) is 27.2 Å². The highest BCUT2D eigenvalue weighted by Gasteiger charge is 2.29. The van der Waals surface area contributed by atoms with Gasteiger partial charge in [-0.15, -0.1) is 0 Å². The lowest BCUT2D eigenvalue weighted by molar-refractivity contribution is 0.0687. The molecule has 0 bridgehead atoms. The van der Waals surface area contributed by atoms with Crippen LogP contribution in [0.4, 0.5) is 4.39 Å². The fourth-order valence-electron chi connectivity index (χ4n) is 4.32. The second-order valence-electron chi connectivity index (χ2n) is 7.52. The van der Waals surface area contributed by atoms with Crippen molar-refractivity contribution in [2.75, 3.05) is 6.61 Å². The van der Waals surface area contributed by atoms with E-state index in [2.05, 4.69) is 4.98 Å². The van der Waals surface area contributed by atoms with Crippen LogP contribution in [-0.2, 0) is 13.0 Å². The topological polar surface area (TPSA) is 84.3 Å². The van der Waals surface area contributed by atoms with Crippen LogP contribution in [0.1, 0.15) is 28.0 Å². The number of carbonyl (C=O) groups is 1. The number of aromatic amines is 1. The molecule has 4 aromatic rings. The van der Waals surface area contributed by atoms with E-state index < -0.39 is 17.3 Å². The third-order valence-corrected chi connectivity index (χ3v) is 5.68. The Labute approximate surface area is 176 Å². The maximum absolute atomic E-state index is 14.4. The van der Waals surface area contributed by atoms with Gasteiger partial charge in [-0.3, -0.25) is 4.79 Å². The Hall–Kier alpha value is -3.87. The summed E-state index contributed by atoms with van der Waals surface area (Å²) >= 11 is 0. The van der Waals surface area contributed by atoms with Crippen LogP contribution in [0.3, 0.4) is 0 Å². The number of benzene rings is 2. The summed E-state index contributed by atoms with van der Waals surface area (Å²) in [7, 11) is 0. The summed E-state index contributed by atoms with van der Waals surface area (Å²) in [6, 6.07) is 13.2. The molecular weight excluding hydrogens is 399 g/mol. The lowest BCUT2D eigenvalue weighted by Crippen LogP contribution is -2.14. The average Bonchev–Trinajstić information content (AvgIpc) is 3.10. The summed E-state index contributed by atoms with van der Waals surface area (Å²) in [5.74, 6) is -1.03.